The van der Waals surface area contributed by atoms with Crippen molar-refractivity contribution >= 4 is 26.6 Å². The van der Waals surface area contributed by atoms with Crippen LogP contribution in [-0.4, -0.2) is 28.3 Å². The van der Waals surface area contributed by atoms with Crippen molar-refractivity contribution in [2.45, 2.75) is 13.5 Å². The summed E-state index contributed by atoms with van der Waals surface area (Å²) in [7, 11) is 1.60. The summed E-state index contributed by atoms with van der Waals surface area (Å²) in [6.45, 7) is 1.70. The fourth-order valence-corrected chi connectivity index (χ4v) is 2.89. The highest BCUT2D eigenvalue weighted by atomic mass is 32.1. The summed E-state index contributed by atoms with van der Waals surface area (Å²) in [5.74, 6) is 6.12. The molecule has 0 aliphatic carbocycles. The summed E-state index contributed by atoms with van der Waals surface area (Å²) < 4.78 is 1.77. The Morgan fingerprint density at radius 1 is 1.63 bits per heavy atom. The number of aromatic nitrogens is 2. The van der Waals surface area contributed by atoms with Gasteiger partial charge in [0.05, 0.1) is 13.2 Å². The van der Waals surface area contributed by atoms with Crippen molar-refractivity contribution < 1.29 is 5.11 Å². The number of fused-ring (bicyclic) bond motifs is 1. The summed E-state index contributed by atoms with van der Waals surface area (Å²) in [6.07, 6.45) is 0. The van der Waals surface area contributed by atoms with Gasteiger partial charge < -0.3 is 10.1 Å². The molecule has 0 saturated carbocycles. The average molecular weight is 279 g/mol. The molecular weight excluding hydrogens is 266 g/mol. The molecule has 2 heterocycles. The second-order valence-corrected chi connectivity index (χ2v) is 5.02. The van der Waals surface area contributed by atoms with Crippen molar-refractivity contribution in [2.75, 3.05) is 18.7 Å². The van der Waals surface area contributed by atoms with Crippen LogP contribution in [0, 0.1) is 18.3 Å². The van der Waals surface area contributed by atoms with E-state index in [1.165, 1.54) is 9.58 Å². The molecule has 0 saturated heterocycles. The Morgan fingerprint density at radius 2 is 2.32 bits per heavy atom. The van der Waals surface area contributed by atoms with E-state index in [9.17, 15) is 10.1 Å². The van der Waals surface area contributed by atoms with E-state index >= 15 is 0 Å². The molecule has 2 rings (SSSR count). The van der Waals surface area contributed by atoms with Gasteiger partial charge in [0.15, 0.2) is 0 Å². The van der Waals surface area contributed by atoms with Gasteiger partial charge in [-0.25, -0.2) is 10.8 Å². The Kier molecular flexibility index (Phi) is 3.53. The summed E-state index contributed by atoms with van der Waals surface area (Å²) in [5, 5.41) is 20.0. The SMILES string of the molecule is Cc1nc2c(C#N)c(N(C)N)sc2c(=O)n1CCO. The number of hydrogen-bond acceptors (Lipinski definition) is 7. The first kappa shape index (κ1) is 13.5. The topological polar surface area (TPSA) is 108 Å². The molecule has 7 nitrogen and oxygen atoms in total. The molecular formula is C11H13N5O2S. The molecule has 0 aromatic carbocycles. The van der Waals surface area contributed by atoms with Crippen LogP contribution < -0.4 is 16.4 Å². The fraction of sp³-hybridized carbons (Fsp3) is 0.364. The predicted molar refractivity (Wildman–Crippen MR) is 73.0 cm³/mol. The van der Waals surface area contributed by atoms with Gasteiger partial charge >= 0.3 is 0 Å². The molecule has 19 heavy (non-hydrogen) atoms. The first-order valence-electron chi connectivity index (χ1n) is 5.54. The molecule has 2 aromatic heterocycles. The number of aryl methyl sites for hydroxylation is 1. The molecule has 100 valence electrons. The van der Waals surface area contributed by atoms with Crippen LogP contribution in [-0.2, 0) is 6.54 Å². The molecule has 3 N–H and O–H groups in total. The maximum Gasteiger partial charge on any atom is 0.271 e. The second kappa shape index (κ2) is 4.97. The molecule has 0 bridgehead atoms. The van der Waals surface area contributed by atoms with Crippen LogP contribution in [0.2, 0.25) is 0 Å². The lowest BCUT2D eigenvalue weighted by Gasteiger charge is -2.08. The van der Waals surface area contributed by atoms with Gasteiger partial charge in [0.2, 0.25) is 0 Å². The van der Waals surface area contributed by atoms with Gasteiger partial charge in [-0.2, -0.15) is 5.26 Å². The van der Waals surface area contributed by atoms with E-state index in [0.29, 0.717) is 26.6 Å². The number of aliphatic hydroxyl groups excluding tert-OH is 1. The van der Waals surface area contributed by atoms with E-state index in [4.69, 9.17) is 10.9 Å². The highest BCUT2D eigenvalue weighted by Crippen LogP contribution is 2.33. The fourth-order valence-electron chi connectivity index (χ4n) is 1.87. The van der Waals surface area contributed by atoms with E-state index in [1.54, 1.807) is 14.0 Å². The summed E-state index contributed by atoms with van der Waals surface area (Å²) in [6, 6.07) is 2.03. The number of nitriles is 1. The van der Waals surface area contributed by atoms with E-state index in [-0.39, 0.29) is 18.7 Å². The minimum Gasteiger partial charge on any atom is -0.395 e. The Balaban J connectivity index is 2.86. The molecule has 0 atom stereocenters. The predicted octanol–water partition coefficient (Wildman–Crippen LogP) is -0.0597. The molecule has 0 spiro atoms. The smallest absolute Gasteiger partial charge is 0.271 e. The second-order valence-electron chi connectivity index (χ2n) is 4.02. The van der Waals surface area contributed by atoms with E-state index in [2.05, 4.69) is 4.98 Å². The number of aliphatic hydroxyl groups is 1. The zero-order chi connectivity index (χ0) is 14.2. The van der Waals surface area contributed by atoms with Gasteiger partial charge in [0.1, 0.15) is 32.7 Å². The number of hydrogen-bond donors (Lipinski definition) is 2. The number of nitrogens with zero attached hydrogens (tertiary/aromatic N) is 4. The third-order valence-corrected chi connectivity index (χ3v) is 3.98. The Morgan fingerprint density at radius 3 is 2.84 bits per heavy atom. The highest BCUT2D eigenvalue weighted by Gasteiger charge is 2.19. The summed E-state index contributed by atoms with van der Waals surface area (Å²) >= 11 is 1.13. The minimum atomic E-state index is -0.258. The van der Waals surface area contributed by atoms with Crippen LogP contribution in [0.1, 0.15) is 11.4 Å². The van der Waals surface area contributed by atoms with Crippen molar-refractivity contribution in [3.8, 4) is 6.07 Å². The van der Waals surface area contributed by atoms with Crippen LogP contribution in [0.3, 0.4) is 0 Å². The van der Waals surface area contributed by atoms with Crippen LogP contribution in [0.5, 0.6) is 0 Å². The number of nitrogens with two attached hydrogens (primary N) is 1. The van der Waals surface area contributed by atoms with Crippen molar-refractivity contribution in [1.29, 1.82) is 5.26 Å². The number of hydrazine groups is 1. The lowest BCUT2D eigenvalue weighted by atomic mass is 10.3. The van der Waals surface area contributed by atoms with E-state index in [0.717, 1.165) is 11.3 Å². The molecule has 0 amide bonds. The summed E-state index contributed by atoms with van der Waals surface area (Å²) in [4.78, 5) is 16.6. The van der Waals surface area contributed by atoms with E-state index < -0.39 is 0 Å². The number of anilines is 1. The standard InChI is InChI=1S/C11H13N5O2S/c1-6-14-8-7(5-12)11(15(2)13)19-9(8)10(18)16(6)3-4-17/h17H,3-4,13H2,1-2H3. The number of thiophene rings is 1. The first-order valence-corrected chi connectivity index (χ1v) is 6.36. The third kappa shape index (κ3) is 2.08. The van der Waals surface area contributed by atoms with E-state index in [1.807, 2.05) is 6.07 Å². The molecule has 0 fully saturated rings. The van der Waals surface area contributed by atoms with Crippen molar-refractivity contribution in [1.82, 2.24) is 9.55 Å². The molecule has 0 unspecified atom stereocenters. The minimum absolute atomic E-state index is 0.145. The van der Waals surface area contributed by atoms with Gasteiger partial charge in [-0.3, -0.25) is 9.36 Å². The zero-order valence-electron chi connectivity index (χ0n) is 10.5. The van der Waals surface area contributed by atoms with Crippen LogP contribution in [0.25, 0.3) is 10.2 Å². The Labute approximate surface area is 113 Å². The normalized spacial score (nSPS) is 10.7. The molecule has 0 aliphatic heterocycles. The zero-order valence-corrected chi connectivity index (χ0v) is 11.4. The maximum atomic E-state index is 12.3. The number of rotatable bonds is 3. The molecule has 2 aromatic rings. The van der Waals surface area contributed by atoms with Crippen molar-refractivity contribution in [3.63, 3.8) is 0 Å². The maximum absolute atomic E-state index is 12.3. The molecule has 0 aliphatic rings. The lowest BCUT2D eigenvalue weighted by Crippen LogP contribution is -2.24. The average Bonchev–Trinajstić information content (AvgIpc) is 2.73. The first-order chi connectivity index (χ1) is 9.01. The summed E-state index contributed by atoms with van der Waals surface area (Å²) in [5.41, 5.74) is 0.420. The van der Waals surface area contributed by atoms with Gasteiger partial charge in [-0.1, -0.05) is 0 Å². The van der Waals surface area contributed by atoms with Gasteiger partial charge in [0, 0.05) is 7.05 Å². The largest absolute Gasteiger partial charge is 0.395 e. The quantitative estimate of drug-likeness (QED) is 0.602. The van der Waals surface area contributed by atoms with Gasteiger partial charge in [0.25, 0.3) is 5.56 Å². The van der Waals surface area contributed by atoms with Crippen LogP contribution in [0.4, 0.5) is 5.00 Å². The van der Waals surface area contributed by atoms with Crippen LogP contribution >= 0.6 is 11.3 Å². The Bertz CT molecular complexity index is 725. The van der Waals surface area contributed by atoms with Gasteiger partial charge in [-0.15, -0.1) is 11.3 Å². The molecule has 8 heteroatoms. The van der Waals surface area contributed by atoms with Crippen molar-refractivity contribution in [3.05, 3.63) is 21.7 Å². The van der Waals surface area contributed by atoms with Crippen LogP contribution in [0.15, 0.2) is 4.79 Å². The van der Waals surface area contributed by atoms with Crippen molar-refractivity contribution in [2.24, 2.45) is 5.84 Å². The Hall–Kier alpha value is -1.95. The van der Waals surface area contributed by atoms with Gasteiger partial charge in [-0.05, 0) is 6.92 Å². The lowest BCUT2D eigenvalue weighted by molar-refractivity contribution is 0.272. The molecule has 0 radical (unpaired) electrons. The monoisotopic (exact) mass is 279 g/mol. The highest BCUT2D eigenvalue weighted by molar-refractivity contribution is 7.23. The third-order valence-electron chi connectivity index (χ3n) is 2.72.